The number of nitrogens with one attached hydrogen (secondary N) is 1. The topological polar surface area (TPSA) is 133 Å². The van der Waals surface area contributed by atoms with Gasteiger partial charge in [0.05, 0.1) is 26.1 Å². The molecule has 2 amide bonds. The highest BCUT2D eigenvalue weighted by Gasteiger charge is 2.41. The van der Waals surface area contributed by atoms with Crippen molar-refractivity contribution in [2.24, 2.45) is 11.8 Å². The van der Waals surface area contributed by atoms with E-state index in [-0.39, 0.29) is 36.0 Å². The van der Waals surface area contributed by atoms with E-state index in [1.807, 2.05) is 13.8 Å². The van der Waals surface area contributed by atoms with Crippen LogP contribution in [0.3, 0.4) is 0 Å². The van der Waals surface area contributed by atoms with Gasteiger partial charge in [-0.2, -0.15) is 0 Å². The zero-order chi connectivity index (χ0) is 24.8. The zero-order valence-electron chi connectivity index (χ0n) is 20.4. The largest absolute Gasteiger partial charge is 0.467 e. The summed E-state index contributed by atoms with van der Waals surface area (Å²) in [4.78, 5) is 51.3. The fraction of sp³-hybridized carbons (Fsp3) is 0.739. The van der Waals surface area contributed by atoms with Gasteiger partial charge >= 0.3 is 11.9 Å². The SMILES string of the molecule is COC(=O)C(C1CC1)n1nncc1CCCC(=O)N[C@@H]1CCN([C@@H](CC(C)C)C(=O)OC)C1=O. The molecule has 3 rings (SSSR count). The van der Waals surface area contributed by atoms with Gasteiger partial charge in [0.1, 0.15) is 12.1 Å². The maximum Gasteiger partial charge on any atom is 0.331 e. The molecular weight excluding hydrogens is 442 g/mol. The summed E-state index contributed by atoms with van der Waals surface area (Å²) >= 11 is 0. The van der Waals surface area contributed by atoms with E-state index in [1.54, 1.807) is 10.9 Å². The van der Waals surface area contributed by atoms with Gasteiger partial charge in [0.25, 0.3) is 0 Å². The first-order valence-corrected chi connectivity index (χ1v) is 11.9. The van der Waals surface area contributed by atoms with Crippen molar-refractivity contribution in [3.05, 3.63) is 11.9 Å². The molecule has 0 bridgehead atoms. The van der Waals surface area contributed by atoms with Crippen molar-refractivity contribution in [1.29, 1.82) is 0 Å². The number of rotatable bonds is 12. The van der Waals surface area contributed by atoms with E-state index in [4.69, 9.17) is 9.47 Å². The van der Waals surface area contributed by atoms with Crippen LogP contribution in [0.25, 0.3) is 0 Å². The van der Waals surface area contributed by atoms with Crippen molar-refractivity contribution in [3.8, 4) is 0 Å². The number of aromatic nitrogens is 3. The Bertz CT molecular complexity index is 896. The molecular formula is C23H35N5O6. The van der Waals surface area contributed by atoms with E-state index in [0.29, 0.717) is 32.2 Å². The van der Waals surface area contributed by atoms with Crippen LogP contribution < -0.4 is 5.32 Å². The van der Waals surface area contributed by atoms with E-state index in [0.717, 1.165) is 18.5 Å². The van der Waals surface area contributed by atoms with E-state index in [1.165, 1.54) is 19.1 Å². The fourth-order valence-electron chi connectivity index (χ4n) is 4.48. The number of nitrogens with zero attached hydrogens (tertiary/aromatic N) is 4. The minimum atomic E-state index is -0.641. The molecule has 0 aromatic carbocycles. The molecule has 3 atom stereocenters. The molecule has 1 unspecified atom stereocenters. The second kappa shape index (κ2) is 11.4. The molecule has 11 heteroatoms. The molecule has 1 saturated carbocycles. The number of likely N-dealkylation sites (tertiary alicyclic amines) is 1. The van der Waals surface area contributed by atoms with Crippen molar-refractivity contribution in [1.82, 2.24) is 25.2 Å². The molecule has 2 aliphatic rings. The van der Waals surface area contributed by atoms with Crippen LogP contribution in [0.5, 0.6) is 0 Å². The minimum absolute atomic E-state index is 0.206. The lowest BCUT2D eigenvalue weighted by Gasteiger charge is -2.27. The molecule has 1 saturated heterocycles. The van der Waals surface area contributed by atoms with Crippen LogP contribution in [-0.2, 0) is 35.1 Å². The molecule has 188 valence electrons. The Morgan fingerprint density at radius 1 is 1.15 bits per heavy atom. The number of carbonyl (C=O) groups is 4. The average molecular weight is 478 g/mol. The van der Waals surface area contributed by atoms with E-state index in [9.17, 15) is 19.2 Å². The van der Waals surface area contributed by atoms with Gasteiger partial charge in [0.15, 0.2) is 6.04 Å². The second-order valence-electron chi connectivity index (χ2n) is 9.44. The van der Waals surface area contributed by atoms with E-state index < -0.39 is 24.1 Å². The molecule has 0 spiro atoms. The second-order valence-corrected chi connectivity index (χ2v) is 9.44. The van der Waals surface area contributed by atoms with E-state index >= 15 is 0 Å². The number of ether oxygens (including phenoxy) is 2. The maximum absolute atomic E-state index is 12.9. The van der Waals surface area contributed by atoms with Gasteiger partial charge in [0, 0.05) is 13.0 Å². The highest BCUT2D eigenvalue weighted by atomic mass is 16.5. The number of esters is 2. The third-order valence-electron chi connectivity index (χ3n) is 6.38. The first kappa shape index (κ1) is 25.6. The number of aryl methyl sites for hydroxylation is 1. The number of hydrogen-bond donors (Lipinski definition) is 1. The van der Waals surface area contributed by atoms with Gasteiger partial charge in [-0.05, 0) is 50.4 Å². The van der Waals surface area contributed by atoms with Gasteiger partial charge in [-0.15, -0.1) is 5.10 Å². The van der Waals surface area contributed by atoms with Crippen molar-refractivity contribution >= 4 is 23.8 Å². The normalized spacial score (nSPS) is 19.7. The molecule has 1 aliphatic heterocycles. The maximum atomic E-state index is 12.9. The Morgan fingerprint density at radius 2 is 1.85 bits per heavy atom. The van der Waals surface area contributed by atoms with Gasteiger partial charge in [-0.3, -0.25) is 9.59 Å². The summed E-state index contributed by atoms with van der Waals surface area (Å²) in [5, 5.41) is 10.8. The lowest BCUT2D eigenvalue weighted by molar-refractivity contribution is -0.152. The molecule has 34 heavy (non-hydrogen) atoms. The predicted octanol–water partition coefficient (Wildman–Crippen LogP) is 1.03. The van der Waals surface area contributed by atoms with Gasteiger partial charge < -0.3 is 19.7 Å². The molecule has 2 heterocycles. The Labute approximate surface area is 199 Å². The number of hydrogen-bond acceptors (Lipinski definition) is 8. The third kappa shape index (κ3) is 6.12. The quantitative estimate of drug-likeness (QED) is 0.442. The molecule has 11 nitrogen and oxygen atoms in total. The van der Waals surface area contributed by atoms with Gasteiger partial charge in [0.2, 0.25) is 11.8 Å². The van der Waals surface area contributed by atoms with Crippen LogP contribution in [0, 0.1) is 11.8 Å². The Balaban J connectivity index is 1.51. The predicted molar refractivity (Wildman–Crippen MR) is 120 cm³/mol. The molecule has 0 radical (unpaired) electrons. The summed E-state index contributed by atoms with van der Waals surface area (Å²) in [6, 6.07) is -1.76. The van der Waals surface area contributed by atoms with Crippen LogP contribution >= 0.6 is 0 Å². The zero-order valence-corrected chi connectivity index (χ0v) is 20.4. The molecule has 1 N–H and O–H groups in total. The number of carbonyl (C=O) groups excluding carboxylic acids is 4. The van der Waals surface area contributed by atoms with E-state index in [2.05, 4.69) is 15.6 Å². The highest BCUT2D eigenvalue weighted by Crippen LogP contribution is 2.40. The summed E-state index contributed by atoms with van der Waals surface area (Å²) in [6.07, 6.45) is 5.71. The van der Waals surface area contributed by atoms with Crippen LogP contribution in [0.2, 0.25) is 0 Å². The fourth-order valence-corrected chi connectivity index (χ4v) is 4.48. The van der Waals surface area contributed by atoms with Crippen molar-refractivity contribution in [3.63, 3.8) is 0 Å². The van der Waals surface area contributed by atoms with Crippen LogP contribution in [0.15, 0.2) is 6.20 Å². The molecule has 1 aliphatic carbocycles. The first-order valence-electron chi connectivity index (χ1n) is 11.9. The summed E-state index contributed by atoms with van der Waals surface area (Å²) < 4.78 is 11.4. The van der Waals surface area contributed by atoms with Crippen LogP contribution in [-0.4, -0.2) is 76.5 Å². The number of amides is 2. The third-order valence-corrected chi connectivity index (χ3v) is 6.38. The average Bonchev–Trinajstić information content (AvgIpc) is 3.44. The molecule has 2 fully saturated rings. The monoisotopic (exact) mass is 477 g/mol. The van der Waals surface area contributed by atoms with Crippen molar-refractivity contribution in [2.45, 2.75) is 76.9 Å². The van der Waals surface area contributed by atoms with Crippen LogP contribution in [0.4, 0.5) is 0 Å². The molecule has 1 aromatic rings. The molecule has 1 aromatic heterocycles. The smallest absolute Gasteiger partial charge is 0.331 e. The van der Waals surface area contributed by atoms with Crippen LogP contribution in [0.1, 0.15) is 64.1 Å². The first-order chi connectivity index (χ1) is 16.3. The number of methoxy groups -OCH3 is 2. The standard InChI is InChI=1S/C23H35N5O6/c1-14(2)12-18(22(31)33-3)27-11-10-17(21(27)30)25-19(29)7-5-6-16-13-24-26-28(16)20(15-8-9-15)23(32)34-4/h13-15,17-18,20H,5-12H2,1-4H3,(H,25,29)/t17-,18+,20?/m1/s1. The van der Waals surface area contributed by atoms with Gasteiger partial charge in [-0.25, -0.2) is 14.3 Å². The minimum Gasteiger partial charge on any atom is -0.467 e. The Kier molecular flexibility index (Phi) is 8.62. The summed E-state index contributed by atoms with van der Waals surface area (Å²) in [7, 11) is 2.68. The summed E-state index contributed by atoms with van der Waals surface area (Å²) in [5.74, 6) is -0.833. The summed E-state index contributed by atoms with van der Waals surface area (Å²) in [5.41, 5.74) is 0.771. The lowest BCUT2D eigenvalue weighted by atomic mass is 10.0. The summed E-state index contributed by atoms with van der Waals surface area (Å²) in [6.45, 7) is 4.36. The lowest BCUT2D eigenvalue weighted by Crippen LogP contribution is -2.48. The highest BCUT2D eigenvalue weighted by molar-refractivity contribution is 5.92. The van der Waals surface area contributed by atoms with Crippen molar-refractivity contribution < 1.29 is 28.7 Å². The van der Waals surface area contributed by atoms with Gasteiger partial charge in [-0.1, -0.05) is 19.1 Å². The Morgan fingerprint density at radius 3 is 2.47 bits per heavy atom. The van der Waals surface area contributed by atoms with Crippen molar-refractivity contribution in [2.75, 3.05) is 20.8 Å². The Hall–Kier alpha value is -2.98.